The molecule has 0 radical (unpaired) electrons. The molecule has 0 aliphatic carbocycles. The van der Waals surface area contributed by atoms with Crippen molar-refractivity contribution >= 4 is 22.9 Å². The van der Waals surface area contributed by atoms with Gasteiger partial charge in [0.15, 0.2) is 0 Å². The van der Waals surface area contributed by atoms with E-state index in [1.54, 1.807) is 19.9 Å². The zero-order valence-electron chi connectivity index (χ0n) is 10.3. The quantitative estimate of drug-likeness (QED) is 0.861. The fraction of sp³-hybridized carbons (Fsp3) is 0.455. The van der Waals surface area contributed by atoms with E-state index >= 15 is 0 Å². The van der Waals surface area contributed by atoms with Gasteiger partial charge in [-0.2, -0.15) is 13.2 Å². The van der Waals surface area contributed by atoms with Crippen LogP contribution < -0.4 is 10.6 Å². The fourth-order valence-corrected chi connectivity index (χ4v) is 2.02. The van der Waals surface area contributed by atoms with Gasteiger partial charge in [0.2, 0.25) is 0 Å². The molecule has 1 aromatic rings. The monoisotopic (exact) mass is 277 g/mol. The summed E-state index contributed by atoms with van der Waals surface area (Å²) in [6.07, 6.45) is -4.28. The van der Waals surface area contributed by atoms with Gasteiger partial charge in [-0.1, -0.05) is 12.2 Å². The molecule has 0 bridgehead atoms. The van der Waals surface area contributed by atoms with Gasteiger partial charge >= 0.3 is 6.18 Å². The molecule has 7 heteroatoms. The Morgan fingerprint density at radius 2 is 2.00 bits per heavy atom. The number of nitrogens with zero attached hydrogens (tertiary/aromatic N) is 2. The average molecular weight is 277 g/mol. The van der Waals surface area contributed by atoms with Gasteiger partial charge in [-0.3, -0.25) is 4.98 Å². The van der Waals surface area contributed by atoms with Gasteiger partial charge in [0, 0.05) is 18.4 Å². The van der Waals surface area contributed by atoms with Gasteiger partial charge in [0.25, 0.3) is 0 Å². The van der Waals surface area contributed by atoms with Crippen molar-refractivity contribution in [2.75, 3.05) is 18.5 Å². The molecule has 18 heavy (non-hydrogen) atoms. The molecule has 0 aromatic carbocycles. The third-order valence-corrected chi connectivity index (χ3v) is 2.59. The molecule has 1 heterocycles. The number of hydrogen-bond acceptors (Lipinski definition) is 3. The van der Waals surface area contributed by atoms with Gasteiger partial charge in [-0.05, 0) is 19.9 Å². The standard InChI is InChI=1S/C11H14F3N3S/c1-6-4-8(17(3)5-11(12,13)14)9(10(15)18)7(2)16-6/h4H,5H2,1-3H3,(H2,15,18). The molecule has 1 rings (SSSR count). The maximum Gasteiger partial charge on any atom is 0.405 e. The van der Waals surface area contributed by atoms with Crippen LogP contribution in [0.3, 0.4) is 0 Å². The van der Waals surface area contributed by atoms with Crippen LogP contribution in [0.15, 0.2) is 6.07 Å². The molecule has 0 atom stereocenters. The second-order valence-electron chi connectivity index (χ2n) is 4.08. The molecular weight excluding hydrogens is 263 g/mol. The molecule has 3 nitrogen and oxygen atoms in total. The molecule has 0 amide bonds. The second kappa shape index (κ2) is 5.09. The molecule has 100 valence electrons. The Balaban J connectivity index is 3.26. The molecule has 0 aliphatic rings. The Kier molecular flexibility index (Phi) is 4.16. The van der Waals surface area contributed by atoms with Crippen LogP contribution in [-0.2, 0) is 0 Å². The van der Waals surface area contributed by atoms with E-state index in [1.807, 2.05) is 0 Å². The predicted molar refractivity (Wildman–Crippen MR) is 68.9 cm³/mol. The predicted octanol–water partition coefficient (Wildman–Crippen LogP) is 2.33. The van der Waals surface area contributed by atoms with E-state index in [2.05, 4.69) is 4.98 Å². The SMILES string of the molecule is Cc1cc(N(C)CC(F)(F)F)c(C(N)=S)c(C)n1. The van der Waals surface area contributed by atoms with Crippen LogP contribution in [0.1, 0.15) is 17.0 Å². The van der Waals surface area contributed by atoms with Crippen LogP contribution in [0.25, 0.3) is 0 Å². The number of hydrogen-bond donors (Lipinski definition) is 1. The van der Waals surface area contributed by atoms with Gasteiger partial charge in [0.1, 0.15) is 11.5 Å². The number of aryl methyl sites for hydroxylation is 2. The number of halogens is 3. The van der Waals surface area contributed by atoms with Crippen LogP contribution in [-0.4, -0.2) is 29.7 Å². The van der Waals surface area contributed by atoms with Crippen molar-refractivity contribution in [3.05, 3.63) is 23.0 Å². The Hall–Kier alpha value is -1.37. The zero-order chi connectivity index (χ0) is 14.1. The summed E-state index contributed by atoms with van der Waals surface area (Å²) in [6, 6.07) is 1.55. The summed E-state index contributed by atoms with van der Waals surface area (Å²) in [5.74, 6) is 0. The maximum atomic E-state index is 12.4. The topological polar surface area (TPSA) is 42.1 Å². The van der Waals surface area contributed by atoms with E-state index in [1.165, 1.54) is 7.05 Å². The van der Waals surface area contributed by atoms with Crippen molar-refractivity contribution in [1.29, 1.82) is 0 Å². The van der Waals surface area contributed by atoms with Crippen molar-refractivity contribution in [2.24, 2.45) is 5.73 Å². The van der Waals surface area contributed by atoms with Crippen molar-refractivity contribution < 1.29 is 13.2 Å². The zero-order valence-corrected chi connectivity index (χ0v) is 11.1. The number of alkyl halides is 3. The highest BCUT2D eigenvalue weighted by Crippen LogP contribution is 2.26. The van der Waals surface area contributed by atoms with Crippen LogP contribution in [0.4, 0.5) is 18.9 Å². The van der Waals surface area contributed by atoms with Crippen molar-refractivity contribution in [3.8, 4) is 0 Å². The number of pyridine rings is 1. The van der Waals surface area contributed by atoms with Crippen LogP contribution in [0, 0.1) is 13.8 Å². The summed E-state index contributed by atoms with van der Waals surface area (Å²) >= 11 is 4.87. The Morgan fingerprint density at radius 3 is 2.44 bits per heavy atom. The Bertz CT molecular complexity index is 471. The van der Waals surface area contributed by atoms with Crippen LogP contribution >= 0.6 is 12.2 Å². The molecule has 0 aliphatic heterocycles. The summed E-state index contributed by atoms with van der Waals surface area (Å²) in [5.41, 5.74) is 7.45. The Morgan fingerprint density at radius 1 is 1.44 bits per heavy atom. The summed E-state index contributed by atoms with van der Waals surface area (Å²) in [4.78, 5) is 5.28. The normalized spacial score (nSPS) is 11.4. The minimum atomic E-state index is -4.28. The first kappa shape index (κ1) is 14.7. The molecule has 0 saturated heterocycles. The maximum absolute atomic E-state index is 12.4. The smallest absolute Gasteiger partial charge is 0.389 e. The van der Waals surface area contributed by atoms with E-state index in [0.717, 1.165) is 4.90 Å². The van der Waals surface area contributed by atoms with Crippen molar-refractivity contribution in [3.63, 3.8) is 0 Å². The number of thiocarbonyl (C=S) groups is 1. The molecule has 1 aromatic heterocycles. The lowest BCUT2D eigenvalue weighted by atomic mass is 10.1. The molecule has 2 N–H and O–H groups in total. The first-order valence-corrected chi connectivity index (χ1v) is 5.58. The summed E-state index contributed by atoms with van der Waals surface area (Å²) < 4.78 is 37.2. The minimum absolute atomic E-state index is 0.0454. The van der Waals surface area contributed by atoms with E-state index in [9.17, 15) is 13.2 Å². The van der Waals surface area contributed by atoms with Gasteiger partial charge < -0.3 is 10.6 Å². The molecule has 0 saturated carbocycles. The summed E-state index contributed by atoms with van der Waals surface area (Å²) in [7, 11) is 1.35. The molecule has 0 spiro atoms. The van der Waals surface area contributed by atoms with Gasteiger partial charge in [-0.15, -0.1) is 0 Å². The van der Waals surface area contributed by atoms with E-state index in [4.69, 9.17) is 18.0 Å². The number of aromatic nitrogens is 1. The van der Waals surface area contributed by atoms with Gasteiger partial charge in [0.05, 0.1) is 11.3 Å². The van der Waals surface area contributed by atoms with Crippen molar-refractivity contribution in [1.82, 2.24) is 4.98 Å². The number of anilines is 1. The number of rotatable bonds is 3. The van der Waals surface area contributed by atoms with E-state index in [-0.39, 0.29) is 4.99 Å². The lowest BCUT2D eigenvalue weighted by Gasteiger charge is -2.24. The van der Waals surface area contributed by atoms with Gasteiger partial charge in [-0.25, -0.2) is 0 Å². The Labute approximate surface area is 109 Å². The lowest BCUT2D eigenvalue weighted by molar-refractivity contribution is -0.119. The molecule has 0 unspecified atom stereocenters. The summed E-state index contributed by atoms with van der Waals surface area (Å²) in [5, 5.41) is 0. The molecular formula is C11H14F3N3S. The first-order valence-electron chi connectivity index (χ1n) is 5.17. The van der Waals surface area contributed by atoms with E-state index < -0.39 is 12.7 Å². The third kappa shape index (κ3) is 3.56. The average Bonchev–Trinajstić information content (AvgIpc) is 2.12. The first-order chi connectivity index (χ1) is 8.11. The fourth-order valence-electron chi connectivity index (χ4n) is 1.77. The second-order valence-corrected chi connectivity index (χ2v) is 4.52. The highest BCUT2D eigenvalue weighted by molar-refractivity contribution is 7.80. The highest BCUT2D eigenvalue weighted by atomic mass is 32.1. The largest absolute Gasteiger partial charge is 0.405 e. The third-order valence-electron chi connectivity index (χ3n) is 2.38. The lowest BCUT2D eigenvalue weighted by Crippen LogP contribution is -2.33. The highest BCUT2D eigenvalue weighted by Gasteiger charge is 2.30. The summed E-state index contributed by atoms with van der Waals surface area (Å²) in [6.45, 7) is 2.32. The number of nitrogens with two attached hydrogens (primary N) is 1. The van der Waals surface area contributed by atoms with Crippen LogP contribution in [0.2, 0.25) is 0 Å². The minimum Gasteiger partial charge on any atom is -0.389 e. The van der Waals surface area contributed by atoms with Crippen molar-refractivity contribution in [2.45, 2.75) is 20.0 Å². The van der Waals surface area contributed by atoms with Crippen LogP contribution in [0.5, 0.6) is 0 Å². The van der Waals surface area contributed by atoms with E-state index in [0.29, 0.717) is 22.6 Å². The molecule has 0 fully saturated rings.